The standard InChI is InChI=1S/C26H32F2N8O.ClH/c1-18-20(3-2-5-33-7-9-34(10-8-33)23-12-21(27)11-22(28)13-23)15-30-36(18)25-14-24(31-26(29)32-25)35-6-4-19(16-35)17-37;/h2-3,11-15,19,37H,4-10,16-17H2,1H3,(H2,29,31,32);1H/b3-2+;/t19-;/m1./s1. The van der Waals surface area contributed by atoms with Crippen LogP contribution >= 0.6 is 12.4 Å². The molecule has 1 atom stereocenters. The van der Waals surface area contributed by atoms with E-state index in [-0.39, 0.29) is 30.9 Å². The first kappa shape index (κ1) is 27.7. The number of hydrogen-bond acceptors (Lipinski definition) is 8. The average molecular weight is 547 g/mol. The third kappa shape index (κ3) is 6.23. The lowest BCUT2D eigenvalue weighted by atomic mass is 10.1. The fourth-order valence-electron chi connectivity index (χ4n) is 4.96. The number of aliphatic hydroxyl groups is 1. The number of anilines is 3. The van der Waals surface area contributed by atoms with Crippen LogP contribution in [0.1, 0.15) is 17.7 Å². The van der Waals surface area contributed by atoms with E-state index in [9.17, 15) is 13.9 Å². The number of aliphatic hydroxyl groups excluding tert-OH is 1. The molecule has 12 heteroatoms. The summed E-state index contributed by atoms with van der Waals surface area (Å²) in [5, 5.41) is 14.0. The van der Waals surface area contributed by atoms with Gasteiger partial charge in [-0.05, 0) is 25.5 Å². The van der Waals surface area contributed by atoms with Gasteiger partial charge in [-0.2, -0.15) is 15.1 Å². The Labute approximate surface area is 227 Å². The van der Waals surface area contributed by atoms with Crippen molar-refractivity contribution in [3.05, 3.63) is 59.4 Å². The highest BCUT2D eigenvalue weighted by Gasteiger charge is 2.24. The van der Waals surface area contributed by atoms with Crippen LogP contribution in [0.25, 0.3) is 11.9 Å². The summed E-state index contributed by atoms with van der Waals surface area (Å²) >= 11 is 0. The Bertz CT molecular complexity index is 1260. The molecule has 0 radical (unpaired) electrons. The molecule has 0 saturated carbocycles. The minimum atomic E-state index is -0.552. The first-order valence-corrected chi connectivity index (χ1v) is 12.5. The lowest BCUT2D eigenvalue weighted by molar-refractivity contribution is 0.238. The molecule has 204 valence electrons. The number of nitrogens with zero attached hydrogens (tertiary/aromatic N) is 7. The first-order chi connectivity index (χ1) is 17.9. The van der Waals surface area contributed by atoms with E-state index in [0.717, 1.165) is 62.3 Å². The zero-order valence-corrected chi connectivity index (χ0v) is 22.1. The molecule has 0 spiro atoms. The molecule has 38 heavy (non-hydrogen) atoms. The molecule has 5 rings (SSSR count). The van der Waals surface area contributed by atoms with Gasteiger partial charge in [0.1, 0.15) is 17.5 Å². The summed E-state index contributed by atoms with van der Waals surface area (Å²) in [5.74, 6) is 0.678. The van der Waals surface area contributed by atoms with E-state index in [2.05, 4.69) is 30.9 Å². The van der Waals surface area contributed by atoms with Crippen LogP contribution in [-0.2, 0) is 0 Å². The van der Waals surface area contributed by atoms with Gasteiger partial charge in [-0.25, -0.2) is 13.5 Å². The second-order valence-corrected chi connectivity index (χ2v) is 9.64. The number of halogens is 3. The summed E-state index contributed by atoms with van der Waals surface area (Å²) in [5.41, 5.74) is 8.52. The maximum absolute atomic E-state index is 13.6. The molecule has 3 aromatic rings. The number of benzene rings is 1. The molecular weight excluding hydrogens is 514 g/mol. The topological polar surface area (TPSA) is 99.6 Å². The SMILES string of the molecule is Cc1c(/C=C/CN2CCN(c3cc(F)cc(F)c3)CC2)cnn1-c1cc(N2CC[C@@H](CO)C2)nc(N)n1.Cl. The van der Waals surface area contributed by atoms with E-state index in [0.29, 0.717) is 24.6 Å². The monoisotopic (exact) mass is 546 g/mol. The molecule has 0 unspecified atom stereocenters. The van der Waals surface area contributed by atoms with Crippen LogP contribution in [0.15, 0.2) is 36.5 Å². The van der Waals surface area contributed by atoms with E-state index in [4.69, 9.17) is 5.73 Å². The number of hydrogen-bond donors (Lipinski definition) is 2. The van der Waals surface area contributed by atoms with Gasteiger partial charge < -0.3 is 20.6 Å². The van der Waals surface area contributed by atoms with E-state index in [1.807, 2.05) is 24.0 Å². The zero-order chi connectivity index (χ0) is 25.9. The van der Waals surface area contributed by atoms with Crippen molar-refractivity contribution in [3.8, 4) is 5.82 Å². The number of rotatable bonds is 7. The van der Waals surface area contributed by atoms with Crippen LogP contribution in [0.5, 0.6) is 0 Å². The molecule has 2 aliphatic heterocycles. The number of aromatic nitrogens is 4. The summed E-state index contributed by atoms with van der Waals surface area (Å²) in [6, 6.07) is 5.54. The summed E-state index contributed by atoms with van der Waals surface area (Å²) in [6.07, 6.45) is 6.87. The molecule has 2 aromatic heterocycles. The Balaban J connectivity index is 0.00000336. The highest BCUT2D eigenvalue weighted by atomic mass is 35.5. The van der Waals surface area contributed by atoms with Gasteiger partial charge in [0, 0.05) is 81.7 Å². The second-order valence-electron chi connectivity index (χ2n) is 9.64. The van der Waals surface area contributed by atoms with Crippen LogP contribution < -0.4 is 15.5 Å². The van der Waals surface area contributed by atoms with Gasteiger partial charge in [0.15, 0.2) is 5.82 Å². The zero-order valence-electron chi connectivity index (χ0n) is 21.3. The Hall–Kier alpha value is -3.28. The van der Waals surface area contributed by atoms with Gasteiger partial charge in [-0.15, -0.1) is 12.4 Å². The van der Waals surface area contributed by atoms with Crippen LogP contribution in [-0.4, -0.2) is 82.2 Å². The van der Waals surface area contributed by atoms with Crippen molar-refractivity contribution < 1.29 is 13.9 Å². The fourth-order valence-corrected chi connectivity index (χ4v) is 4.96. The minimum Gasteiger partial charge on any atom is -0.396 e. The van der Waals surface area contributed by atoms with Gasteiger partial charge in [0.05, 0.1) is 11.9 Å². The largest absolute Gasteiger partial charge is 0.396 e. The van der Waals surface area contributed by atoms with Gasteiger partial charge in [0.25, 0.3) is 0 Å². The first-order valence-electron chi connectivity index (χ1n) is 12.5. The fraction of sp³-hybridized carbons (Fsp3) is 0.423. The Morgan fingerprint density at radius 2 is 1.71 bits per heavy atom. The minimum absolute atomic E-state index is 0. The molecule has 3 N–H and O–H groups in total. The molecule has 2 aliphatic rings. The third-order valence-corrected chi connectivity index (χ3v) is 7.09. The molecule has 2 fully saturated rings. The average Bonchev–Trinajstić information content (AvgIpc) is 3.50. The number of piperazine rings is 1. The van der Waals surface area contributed by atoms with Gasteiger partial charge in [0.2, 0.25) is 5.95 Å². The molecular formula is C26H33ClF2N8O. The predicted molar refractivity (Wildman–Crippen MR) is 147 cm³/mol. The van der Waals surface area contributed by atoms with Crippen LogP contribution in [0, 0.1) is 24.5 Å². The van der Waals surface area contributed by atoms with Gasteiger partial charge in [-0.3, -0.25) is 4.90 Å². The lowest BCUT2D eigenvalue weighted by Crippen LogP contribution is -2.46. The third-order valence-electron chi connectivity index (χ3n) is 7.09. The normalized spacial score (nSPS) is 18.4. The van der Waals surface area contributed by atoms with Gasteiger partial charge >= 0.3 is 0 Å². The van der Waals surface area contributed by atoms with Crippen LogP contribution in [0.4, 0.5) is 26.2 Å². The van der Waals surface area contributed by atoms with Gasteiger partial charge in [-0.1, -0.05) is 12.2 Å². The highest BCUT2D eigenvalue weighted by Crippen LogP contribution is 2.25. The van der Waals surface area contributed by atoms with Crippen molar-refractivity contribution in [1.82, 2.24) is 24.6 Å². The molecule has 0 amide bonds. The van der Waals surface area contributed by atoms with Crippen LogP contribution in [0.3, 0.4) is 0 Å². The number of nitrogen functional groups attached to an aromatic ring is 1. The molecule has 9 nitrogen and oxygen atoms in total. The molecule has 4 heterocycles. The van der Waals surface area contributed by atoms with Crippen molar-refractivity contribution in [2.24, 2.45) is 5.92 Å². The molecule has 1 aromatic carbocycles. The van der Waals surface area contributed by atoms with Crippen LogP contribution in [0.2, 0.25) is 0 Å². The van der Waals surface area contributed by atoms with Crippen molar-refractivity contribution in [2.75, 3.05) is 68.0 Å². The lowest BCUT2D eigenvalue weighted by Gasteiger charge is -2.35. The number of nitrogens with two attached hydrogens (primary N) is 1. The Morgan fingerprint density at radius 3 is 2.39 bits per heavy atom. The quantitative estimate of drug-likeness (QED) is 0.467. The predicted octanol–water partition coefficient (Wildman–Crippen LogP) is 2.91. The van der Waals surface area contributed by atoms with E-state index >= 15 is 0 Å². The van der Waals surface area contributed by atoms with Crippen molar-refractivity contribution in [3.63, 3.8) is 0 Å². The van der Waals surface area contributed by atoms with E-state index in [1.165, 1.54) is 12.1 Å². The van der Waals surface area contributed by atoms with Crippen molar-refractivity contribution >= 4 is 35.9 Å². The van der Waals surface area contributed by atoms with Crippen molar-refractivity contribution in [2.45, 2.75) is 13.3 Å². The van der Waals surface area contributed by atoms with Crippen molar-refractivity contribution in [1.29, 1.82) is 0 Å². The summed E-state index contributed by atoms with van der Waals surface area (Å²) in [4.78, 5) is 15.2. The van der Waals surface area contributed by atoms with E-state index in [1.54, 1.807) is 10.9 Å². The van der Waals surface area contributed by atoms with E-state index < -0.39 is 11.6 Å². The summed E-state index contributed by atoms with van der Waals surface area (Å²) in [7, 11) is 0. The smallest absolute Gasteiger partial charge is 0.224 e. The molecule has 2 saturated heterocycles. The summed E-state index contributed by atoms with van der Waals surface area (Å²) in [6.45, 7) is 7.50. The second kappa shape index (κ2) is 12.1. The Kier molecular flexibility index (Phi) is 8.80. The maximum atomic E-state index is 13.6. The maximum Gasteiger partial charge on any atom is 0.224 e. The molecule has 0 bridgehead atoms. The highest BCUT2D eigenvalue weighted by molar-refractivity contribution is 5.85. The molecule has 0 aliphatic carbocycles. The summed E-state index contributed by atoms with van der Waals surface area (Å²) < 4.78 is 28.9. The Morgan fingerprint density at radius 1 is 1.00 bits per heavy atom.